The molecule has 0 aromatic heterocycles. The normalized spacial score (nSPS) is 31.4. The molecule has 28 heavy (non-hydrogen) atoms. The second kappa shape index (κ2) is 8.33. The van der Waals surface area contributed by atoms with Gasteiger partial charge in [0.2, 0.25) is 10.0 Å². The number of methoxy groups -OCH3 is 1. The molecule has 4 rings (SSSR count). The molecule has 3 aliphatic rings. The Morgan fingerprint density at radius 2 is 1.89 bits per heavy atom. The van der Waals surface area contributed by atoms with E-state index in [1.165, 1.54) is 31.2 Å². The number of unbranched alkanes of at least 4 members (excludes halogenated alkanes) is 1. The first kappa shape index (κ1) is 20.2. The Morgan fingerprint density at radius 1 is 1.11 bits per heavy atom. The maximum atomic E-state index is 12.8. The van der Waals surface area contributed by atoms with Gasteiger partial charge in [0.25, 0.3) is 0 Å². The molecule has 0 N–H and O–H groups in total. The van der Waals surface area contributed by atoms with Gasteiger partial charge in [-0.2, -0.15) is 0 Å². The Balaban J connectivity index is 1.51. The van der Waals surface area contributed by atoms with Crippen LogP contribution in [0.4, 0.5) is 0 Å². The molecule has 5 nitrogen and oxygen atoms in total. The molecule has 0 unspecified atom stereocenters. The lowest BCUT2D eigenvalue weighted by atomic mass is 9.74. The quantitative estimate of drug-likeness (QED) is 0.723. The van der Waals surface area contributed by atoms with Gasteiger partial charge in [-0.05, 0) is 61.6 Å². The molecule has 2 bridgehead atoms. The highest BCUT2D eigenvalue weighted by atomic mass is 32.2. The van der Waals surface area contributed by atoms with E-state index >= 15 is 0 Å². The summed E-state index contributed by atoms with van der Waals surface area (Å²) in [6.07, 6.45) is 6.51. The van der Waals surface area contributed by atoms with Crippen molar-refractivity contribution >= 4 is 10.0 Å². The summed E-state index contributed by atoms with van der Waals surface area (Å²) in [5, 5.41) is 0. The average Bonchev–Trinajstić information content (AvgIpc) is 2.72. The van der Waals surface area contributed by atoms with Gasteiger partial charge in [0, 0.05) is 31.7 Å². The topological polar surface area (TPSA) is 49.9 Å². The zero-order valence-electron chi connectivity index (χ0n) is 17.2. The van der Waals surface area contributed by atoms with Gasteiger partial charge < -0.3 is 4.74 Å². The maximum Gasteiger partial charge on any atom is 0.214 e. The van der Waals surface area contributed by atoms with Gasteiger partial charge in [0.05, 0.1) is 12.9 Å². The summed E-state index contributed by atoms with van der Waals surface area (Å²) in [5.41, 5.74) is 1.37. The molecule has 0 spiro atoms. The summed E-state index contributed by atoms with van der Waals surface area (Å²) < 4.78 is 32.7. The lowest BCUT2D eigenvalue weighted by Gasteiger charge is -2.55. The average molecular weight is 407 g/mol. The minimum atomic E-state index is -3.10. The zero-order valence-corrected chi connectivity index (χ0v) is 18.0. The number of rotatable bonds is 6. The SMILES string of the molecule is CCCCS(=O)(=O)N1C[C@@H]2C[C@H](C1)[C@@H]1CCC[C@H](c3ccc(OC)cc3)N1C2. The number of nitrogens with zero attached hydrogens (tertiary/aromatic N) is 2. The van der Waals surface area contributed by atoms with Crippen LogP contribution in [0.15, 0.2) is 24.3 Å². The second-order valence-electron chi connectivity index (χ2n) is 8.83. The van der Waals surface area contributed by atoms with Crippen molar-refractivity contribution in [3.8, 4) is 5.75 Å². The molecule has 1 aromatic carbocycles. The molecule has 0 amide bonds. The van der Waals surface area contributed by atoms with Crippen LogP contribution in [-0.2, 0) is 10.0 Å². The maximum absolute atomic E-state index is 12.8. The fourth-order valence-electron chi connectivity index (χ4n) is 5.63. The van der Waals surface area contributed by atoms with Crippen molar-refractivity contribution in [3.05, 3.63) is 29.8 Å². The van der Waals surface area contributed by atoms with Crippen molar-refractivity contribution in [2.24, 2.45) is 11.8 Å². The van der Waals surface area contributed by atoms with Gasteiger partial charge in [-0.25, -0.2) is 12.7 Å². The van der Waals surface area contributed by atoms with E-state index in [2.05, 4.69) is 36.1 Å². The number of ether oxygens (including phenoxy) is 1. The van der Waals surface area contributed by atoms with E-state index in [1.807, 2.05) is 4.31 Å². The predicted octanol–water partition coefficient (Wildman–Crippen LogP) is 3.67. The summed E-state index contributed by atoms with van der Waals surface area (Å²) in [6, 6.07) is 9.51. The molecule has 3 heterocycles. The molecule has 0 saturated carbocycles. The molecule has 0 radical (unpaired) electrons. The first-order chi connectivity index (χ1) is 13.5. The van der Waals surface area contributed by atoms with Crippen LogP contribution >= 0.6 is 0 Å². The molecule has 1 aromatic rings. The summed E-state index contributed by atoms with van der Waals surface area (Å²) >= 11 is 0. The summed E-state index contributed by atoms with van der Waals surface area (Å²) in [4.78, 5) is 2.71. The van der Waals surface area contributed by atoms with Crippen LogP contribution in [0.2, 0.25) is 0 Å². The smallest absolute Gasteiger partial charge is 0.214 e. The lowest BCUT2D eigenvalue weighted by molar-refractivity contribution is -0.0416. The van der Waals surface area contributed by atoms with Crippen molar-refractivity contribution in [1.82, 2.24) is 9.21 Å². The molecule has 3 aliphatic heterocycles. The van der Waals surface area contributed by atoms with Gasteiger partial charge in [0.1, 0.15) is 5.75 Å². The van der Waals surface area contributed by atoms with Gasteiger partial charge in [-0.1, -0.05) is 25.5 Å². The third-order valence-corrected chi connectivity index (χ3v) is 8.89. The Morgan fingerprint density at radius 3 is 2.61 bits per heavy atom. The Bertz CT molecular complexity index is 764. The number of benzene rings is 1. The van der Waals surface area contributed by atoms with Crippen molar-refractivity contribution in [1.29, 1.82) is 0 Å². The first-order valence-electron chi connectivity index (χ1n) is 10.9. The Kier molecular flexibility index (Phi) is 6.00. The fraction of sp³-hybridized carbons (Fsp3) is 0.727. The van der Waals surface area contributed by atoms with E-state index < -0.39 is 10.0 Å². The van der Waals surface area contributed by atoms with E-state index in [-0.39, 0.29) is 0 Å². The van der Waals surface area contributed by atoms with Crippen molar-refractivity contribution in [2.75, 3.05) is 32.5 Å². The van der Waals surface area contributed by atoms with Crippen LogP contribution in [0.25, 0.3) is 0 Å². The second-order valence-corrected chi connectivity index (χ2v) is 10.9. The van der Waals surface area contributed by atoms with E-state index in [0.717, 1.165) is 31.7 Å². The van der Waals surface area contributed by atoms with Crippen molar-refractivity contribution in [2.45, 2.75) is 57.5 Å². The van der Waals surface area contributed by atoms with Crippen LogP contribution in [-0.4, -0.2) is 56.2 Å². The predicted molar refractivity (Wildman–Crippen MR) is 112 cm³/mol. The first-order valence-corrected chi connectivity index (χ1v) is 12.5. The zero-order chi connectivity index (χ0) is 19.7. The third-order valence-electron chi connectivity index (χ3n) is 7.00. The van der Waals surface area contributed by atoms with Gasteiger partial charge in [0.15, 0.2) is 0 Å². The largest absolute Gasteiger partial charge is 0.497 e. The number of hydrogen-bond acceptors (Lipinski definition) is 4. The molecule has 3 saturated heterocycles. The van der Waals surface area contributed by atoms with E-state index in [1.54, 1.807) is 7.11 Å². The number of sulfonamides is 1. The van der Waals surface area contributed by atoms with E-state index in [9.17, 15) is 8.42 Å². The van der Waals surface area contributed by atoms with Crippen LogP contribution < -0.4 is 4.74 Å². The van der Waals surface area contributed by atoms with Crippen molar-refractivity contribution in [3.63, 3.8) is 0 Å². The van der Waals surface area contributed by atoms with Crippen LogP contribution in [0.3, 0.4) is 0 Å². The molecule has 156 valence electrons. The Labute approximate surface area is 170 Å². The van der Waals surface area contributed by atoms with Crippen LogP contribution in [0.1, 0.15) is 57.1 Å². The summed E-state index contributed by atoms with van der Waals surface area (Å²) in [5.74, 6) is 2.15. The summed E-state index contributed by atoms with van der Waals surface area (Å²) in [6.45, 7) is 4.51. The van der Waals surface area contributed by atoms with Crippen LogP contribution in [0, 0.1) is 11.8 Å². The number of fused-ring (bicyclic) bond motifs is 4. The summed E-state index contributed by atoms with van der Waals surface area (Å²) in [7, 11) is -1.39. The monoisotopic (exact) mass is 406 g/mol. The van der Waals surface area contributed by atoms with Crippen LogP contribution in [0.5, 0.6) is 5.75 Å². The molecular formula is C22H34N2O3S. The molecule has 3 fully saturated rings. The number of hydrogen-bond donors (Lipinski definition) is 0. The minimum Gasteiger partial charge on any atom is -0.497 e. The Hall–Kier alpha value is -1.11. The highest BCUT2D eigenvalue weighted by Crippen LogP contribution is 2.45. The van der Waals surface area contributed by atoms with E-state index in [0.29, 0.717) is 36.2 Å². The fourth-order valence-corrected chi connectivity index (χ4v) is 7.40. The third kappa shape index (κ3) is 3.96. The highest BCUT2D eigenvalue weighted by molar-refractivity contribution is 7.89. The number of piperidine rings is 3. The van der Waals surface area contributed by atoms with Crippen molar-refractivity contribution < 1.29 is 13.2 Å². The molecule has 4 atom stereocenters. The van der Waals surface area contributed by atoms with E-state index in [4.69, 9.17) is 4.74 Å². The lowest BCUT2D eigenvalue weighted by Crippen LogP contribution is -2.60. The van der Waals surface area contributed by atoms with Gasteiger partial charge >= 0.3 is 0 Å². The minimum absolute atomic E-state index is 0.311. The van der Waals surface area contributed by atoms with Gasteiger partial charge in [-0.15, -0.1) is 0 Å². The molecular weight excluding hydrogens is 372 g/mol. The van der Waals surface area contributed by atoms with Gasteiger partial charge in [-0.3, -0.25) is 4.90 Å². The highest BCUT2D eigenvalue weighted by Gasteiger charge is 2.46. The molecule has 0 aliphatic carbocycles. The molecule has 6 heteroatoms. The standard InChI is InChI=1S/C22H34N2O3S/c1-3-4-12-28(25,26)23-14-17-13-19(16-23)22-7-5-6-21(24(22)15-17)18-8-10-20(27-2)11-9-18/h8-11,17,19,21-22H,3-7,12-16H2,1-2H3/t17-,19+,21+,22-/m0/s1.